The summed E-state index contributed by atoms with van der Waals surface area (Å²) in [5.74, 6) is -4.82. The van der Waals surface area contributed by atoms with Gasteiger partial charge in [0.25, 0.3) is 0 Å². The molecule has 0 amide bonds. The van der Waals surface area contributed by atoms with E-state index in [0.29, 0.717) is 12.8 Å². The third-order valence-electron chi connectivity index (χ3n) is 2.74. The Balaban J connectivity index is 2.75. The second-order valence-corrected chi connectivity index (χ2v) is 3.67. The Labute approximate surface area is 81.4 Å². The van der Waals surface area contributed by atoms with Crippen molar-refractivity contribution in [3.05, 3.63) is 0 Å². The van der Waals surface area contributed by atoms with Crippen molar-refractivity contribution < 1.29 is 24.9 Å². The van der Waals surface area contributed by atoms with Gasteiger partial charge in [-0.2, -0.15) is 0 Å². The lowest BCUT2D eigenvalue weighted by atomic mass is 9.78. The van der Waals surface area contributed by atoms with E-state index >= 15 is 0 Å². The molecule has 5 heteroatoms. The van der Waals surface area contributed by atoms with Gasteiger partial charge in [-0.3, -0.25) is 9.59 Å². The van der Waals surface area contributed by atoms with Crippen LogP contribution in [0.5, 0.6) is 0 Å². The van der Waals surface area contributed by atoms with E-state index in [4.69, 9.17) is 10.2 Å². The number of carboxylic acids is 2. The number of hydrogen-bond donors (Lipinski definition) is 3. The van der Waals surface area contributed by atoms with Gasteiger partial charge in [-0.1, -0.05) is 12.8 Å². The predicted molar refractivity (Wildman–Crippen MR) is 46.7 cm³/mol. The number of aliphatic hydroxyl groups is 1. The summed E-state index contributed by atoms with van der Waals surface area (Å²) < 4.78 is 0. The third-order valence-corrected chi connectivity index (χ3v) is 2.74. The highest BCUT2D eigenvalue weighted by Gasteiger charge is 2.39. The molecule has 0 aromatic rings. The molecule has 0 spiro atoms. The lowest BCUT2D eigenvalue weighted by molar-refractivity contribution is -0.160. The first-order valence-electron chi connectivity index (χ1n) is 4.67. The molecule has 0 saturated heterocycles. The van der Waals surface area contributed by atoms with Crippen LogP contribution in [0, 0.1) is 11.8 Å². The van der Waals surface area contributed by atoms with Crippen LogP contribution in [0.1, 0.15) is 25.7 Å². The van der Waals surface area contributed by atoms with Crippen LogP contribution in [0.2, 0.25) is 0 Å². The average Bonchev–Trinajstić information content (AvgIpc) is 2.07. The zero-order valence-electron chi connectivity index (χ0n) is 7.72. The molecule has 1 fully saturated rings. The summed E-state index contributed by atoms with van der Waals surface area (Å²) in [6, 6.07) is 0. The quantitative estimate of drug-likeness (QED) is 0.573. The summed E-state index contributed by atoms with van der Waals surface area (Å²) in [5.41, 5.74) is 0. The second-order valence-electron chi connectivity index (χ2n) is 3.67. The smallest absolute Gasteiger partial charge is 0.318 e. The van der Waals surface area contributed by atoms with E-state index in [1.54, 1.807) is 0 Å². The van der Waals surface area contributed by atoms with Gasteiger partial charge in [-0.15, -0.1) is 0 Å². The van der Waals surface area contributed by atoms with Crippen molar-refractivity contribution in [2.24, 2.45) is 11.8 Å². The first kappa shape index (κ1) is 11.0. The number of carboxylic acid groups (broad SMARTS) is 2. The van der Waals surface area contributed by atoms with E-state index in [1.165, 1.54) is 0 Å². The van der Waals surface area contributed by atoms with Crippen LogP contribution in [0.25, 0.3) is 0 Å². The van der Waals surface area contributed by atoms with Crippen LogP contribution in [0.15, 0.2) is 0 Å². The van der Waals surface area contributed by atoms with E-state index in [1.807, 2.05) is 0 Å². The van der Waals surface area contributed by atoms with Gasteiger partial charge in [0.2, 0.25) is 0 Å². The zero-order valence-corrected chi connectivity index (χ0v) is 7.72. The maximum absolute atomic E-state index is 10.7. The number of carbonyl (C=O) groups is 2. The van der Waals surface area contributed by atoms with Gasteiger partial charge >= 0.3 is 11.9 Å². The van der Waals surface area contributed by atoms with Gasteiger partial charge in [0.1, 0.15) is 0 Å². The molecular formula is C9H14O5. The van der Waals surface area contributed by atoms with E-state index in [-0.39, 0.29) is 0 Å². The van der Waals surface area contributed by atoms with Crippen LogP contribution in [-0.2, 0) is 9.59 Å². The Morgan fingerprint density at radius 1 is 1.07 bits per heavy atom. The molecule has 2 atom stereocenters. The maximum atomic E-state index is 10.7. The third kappa shape index (κ3) is 2.23. The minimum absolute atomic E-state index is 0.477. The highest BCUT2D eigenvalue weighted by molar-refractivity contribution is 5.93. The Morgan fingerprint density at radius 2 is 1.57 bits per heavy atom. The zero-order chi connectivity index (χ0) is 10.7. The van der Waals surface area contributed by atoms with E-state index in [9.17, 15) is 14.7 Å². The fourth-order valence-electron chi connectivity index (χ4n) is 2.00. The molecule has 0 aromatic carbocycles. The SMILES string of the molecule is O=C(O)C(C(=O)O)[C@H]1CCCC[C@@H]1O. The van der Waals surface area contributed by atoms with Crippen molar-refractivity contribution >= 4 is 11.9 Å². The minimum atomic E-state index is -1.47. The first-order chi connectivity index (χ1) is 6.54. The monoisotopic (exact) mass is 202 g/mol. The lowest BCUT2D eigenvalue weighted by Gasteiger charge is -2.29. The molecule has 0 heterocycles. The van der Waals surface area contributed by atoms with E-state index < -0.39 is 29.9 Å². The molecule has 0 aliphatic heterocycles. The molecule has 0 unspecified atom stereocenters. The fraction of sp³-hybridized carbons (Fsp3) is 0.778. The summed E-state index contributed by atoms with van der Waals surface area (Å²) in [7, 11) is 0. The molecule has 0 aromatic heterocycles. The Hall–Kier alpha value is -1.10. The van der Waals surface area contributed by atoms with Gasteiger partial charge in [0.15, 0.2) is 5.92 Å². The molecule has 5 nitrogen and oxygen atoms in total. The van der Waals surface area contributed by atoms with Crippen molar-refractivity contribution in [3.8, 4) is 0 Å². The molecule has 1 aliphatic rings. The van der Waals surface area contributed by atoms with E-state index in [0.717, 1.165) is 12.8 Å². The average molecular weight is 202 g/mol. The highest BCUT2D eigenvalue weighted by Crippen LogP contribution is 2.30. The molecule has 0 bridgehead atoms. The molecule has 1 saturated carbocycles. The van der Waals surface area contributed by atoms with Crippen LogP contribution >= 0.6 is 0 Å². The van der Waals surface area contributed by atoms with Crippen molar-refractivity contribution in [1.29, 1.82) is 0 Å². The number of aliphatic hydroxyl groups excluding tert-OH is 1. The number of rotatable bonds is 3. The highest BCUT2D eigenvalue weighted by atomic mass is 16.4. The van der Waals surface area contributed by atoms with Crippen LogP contribution in [-0.4, -0.2) is 33.4 Å². The van der Waals surface area contributed by atoms with Gasteiger partial charge in [0, 0.05) is 5.92 Å². The Kier molecular flexibility index (Phi) is 3.46. The van der Waals surface area contributed by atoms with Crippen LogP contribution in [0.4, 0.5) is 0 Å². The van der Waals surface area contributed by atoms with Crippen molar-refractivity contribution in [3.63, 3.8) is 0 Å². The van der Waals surface area contributed by atoms with Gasteiger partial charge in [0.05, 0.1) is 6.10 Å². The minimum Gasteiger partial charge on any atom is -0.481 e. The number of hydrogen-bond acceptors (Lipinski definition) is 3. The molecule has 80 valence electrons. The Morgan fingerprint density at radius 3 is 2.00 bits per heavy atom. The standard InChI is InChI=1S/C9H14O5/c10-6-4-2-1-3-5(6)7(8(11)12)9(13)14/h5-7,10H,1-4H2,(H,11,12)(H,13,14)/t5-,6-/m0/s1. The number of aliphatic carboxylic acids is 2. The summed E-state index contributed by atoms with van der Waals surface area (Å²) in [4.78, 5) is 21.4. The van der Waals surface area contributed by atoms with Crippen molar-refractivity contribution in [2.45, 2.75) is 31.8 Å². The summed E-state index contributed by atoms with van der Waals surface area (Å²) in [6.07, 6.45) is 1.81. The summed E-state index contributed by atoms with van der Waals surface area (Å²) >= 11 is 0. The molecule has 1 rings (SSSR count). The molecule has 14 heavy (non-hydrogen) atoms. The van der Waals surface area contributed by atoms with Gasteiger partial charge in [-0.25, -0.2) is 0 Å². The lowest BCUT2D eigenvalue weighted by Crippen LogP contribution is -2.39. The molecule has 1 aliphatic carbocycles. The summed E-state index contributed by atoms with van der Waals surface area (Å²) in [6.45, 7) is 0. The van der Waals surface area contributed by atoms with Crippen molar-refractivity contribution in [1.82, 2.24) is 0 Å². The topological polar surface area (TPSA) is 94.8 Å². The van der Waals surface area contributed by atoms with Gasteiger partial charge < -0.3 is 15.3 Å². The maximum Gasteiger partial charge on any atom is 0.318 e. The normalized spacial score (nSPS) is 27.6. The Bertz CT molecular complexity index is 223. The molecule has 0 radical (unpaired) electrons. The molecular weight excluding hydrogens is 188 g/mol. The van der Waals surface area contributed by atoms with Crippen molar-refractivity contribution in [2.75, 3.05) is 0 Å². The predicted octanol–water partition coefficient (Wildman–Crippen LogP) is 0.323. The van der Waals surface area contributed by atoms with Crippen LogP contribution < -0.4 is 0 Å². The van der Waals surface area contributed by atoms with Crippen LogP contribution in [0.3, 0.4) is 0 Å². The van der Waals surface area contributed by atoms with Gasteiger partial charge in [-0.05, 0) is 12.8 Å². The largest absolute Gasteiger partial charge is 0.481 e. The molecule has 3 N–H and O–H groups in total. The summed E-state index contributed by atoms with van der Waals surface area (Å²) in [5, 5.41) is 27.0. The first-order valence-corrected chi connectivity index (χ1v) is 4.67. The second kappa shape index (κ2) is 4.41. The van der Waals surface area contributed by atoms with E-state index in [2.05, 4.69) is 0 Å². The fourth-order valence-corrected chi connectivity index (χ4v) is 2.00.